The molecule has 2 atom stereocenters. The molecule has 0 aliphatic carbocycles. The Hall–Kier alpha value is -1.00. The fourth-order valence-corrected chi connectivity index (χ4v) is 2.96. The van der Waals surface area contributed by atoms with E-state index in [1.165, 1.54) is 10.4 Å². The van der Waals surface area contributed by atoms with Crippen LogP contribution in [0, 0.1) is 0 Å². The molecule has 4 heteroatoms. The summed E-state index contributed by atoms with van der Waals surface area (Å²) in [6.45, 7) is 4.41. The molecule has 0 fully saturated rings. The van der Waals surface area contributed by atoms with E-state index in [0.29, 0.717) is 12.0 Å². The number of thiophene rings is 1. The minimum atomic E-state index is 0.435. The van der Waals surface area contributed by atoms with Gasteiger partial charge in [0.2, 0.25) is 0 Å². The molecule has 2 aromatic heterocycles. The Bertz CT molecular complexity index is 466. The molecule has 0 aliphatic heterocycles. The van der Waals surface area contributed by atoms with Crippen LogP contribution in [-0.4, -0.2) is 23.1 Å². The minimum Gasteiger partial charge on any atom is -0.317 e. The zero-order valence-corrected chi connectivity index (χ0v) is 10.7. The van der Waals surface area contributed by atoms with Crippen molar-refractivity contribution in [2.75, 3.05) is 7.05 Å². The number of nitrogens with zero attached hydrogens (tertiary/aromatic N) is 2. The number of aromatic nitrogens is 2. The van der Waals surface area contributed by atoms with E-state index in [4.69, 9.17) is 0 Å². The first-order valence-electron chi connectivity index (χ1n) is 5.63. The highest BCUT2D eigenvalue weighted by Crippen LogP contribution is 2.30. The van der Waals surface area contributed by atoms with Crippen molar-refractivity contribution < 1.29 is 0 Å². The summed E-state index contributed by atoms with van der Waals surface area (Å²) in [6, 6.07) is 2.49. The summed E-state index contributed by atoms with van der Waals surface area (Å²) < 4.78 is 1.23. The zero-order chi connectivity index (χ0) is 11.5. The number of hydrogen-bond donors (Lipinski definition) is 1. The standard InChI is InChI=1S/C12H17N3S/c1-4-9(8(2)13-3)11-12-10(5-6-16-12)14-7-15-11/h5-9,13H,4H2,1-3H3. The fourth-order valence-electron chi connectivity index (χ4n) is 2.06. The van der Waals surface area contributed by atoms with Gasteiger partial charge in [0.05, 0.1) is 15.9 Å². The SMILES string of the molecule is CCC(c1ncnc2ccsc12)C(C)NC. The maximum Gasteiger partial charge on any atom is 0.116 e. The molecule has 86 valence electrons. The van der Waals surface area contributed by atoms with Gasteiger partial charge in [-0.05, 0) is 31.8 Å². The van der Waals surface area contributed by atoms with Crippen LogP contribution in [0.3, 0.4) is 0 Å². The number of nitrogens with one attached hydrogen (secondary N) is 1. The van der Waals surface area contributed by atoms with Crippen LogP contribution in [0.2, 0.25) is 0 Å². The molecule has 1 N–H and O–H groups in total. The molecular formula is C12H17N3S. The van der Waals surface area contributed by atoms with Crippen LogP contribution in [0.5, 0.6) is 0 Å². The Morgan fingerprint density at radius 3 is 2.94 bits per heavy atom. The van der Waals surface area contributed by atoms with Gasteiger partial charge < -0.3 is 5.32 Å². The summed E-state index contributed by atoms with van der Waals surface area (Å²) in [7, 11) is 2.00. The summed E-state index contributed by atoms with van der Waals surface area (Å²) in [5.74, 6) is 0.453. The summed E-state index contributed by atoms with van der Waals surface area (Å²) in [4.78, 5) is 8.76. The van der Waals surface area contributed by atoms with Gasteiger partial charge in [-0.15, -0.1) is 11.3 Å². The first kappa shape index (κ1) is 11.5. The predicted molar refractivity (Wildman–Crippen MR) is 69.0 cm³/mol. The third-order valence-electron chi connectivity index (χ3n) is 3.12. The van der Waals surface area contributed by atoms with Crippen LogP contribution in [0.4, 0.5) is 0 Å². The van der Waals surface area contributed by atoms with Crippen LogP contribution in [0.15, 0.2) is 17.8 Å². The fraction of sp³-hybridized carbons (Fsp3) is 0.500. The predicted octanol–water partition coefficient (Wildman–Crippen LogP) is 2.79. The third-order valence-corrected chi connectivity index (χ3v) is 4.05. The van der Waals surface area contributed by atoms with Gasteiger partial charge in [-0.1, -0.05) is 6.92 Å². The van der Waals surface area contributed by atoms with Crippen molar-refractivity contribution >= 4 is 21.6 Å². The van der Waals surface area contributed by atoms with E-state index in [-0.39, 0.29) is 0 Å². The Kier molecular flexibility index (Phi) is 3.51. The Balaban J connectivity index is 2.48. The van der Waals surface area contributed by atoms with Crippen LogP contribution >= 0.6 is 11.3 Å². The van der Waals surface area contributed by atoms with E-state index in [1.807, 2.05) is 7.05 Å². The molecule has 0 saturated heterocycles. The van der Waals surface area contributed by atoms with Gasteiger partial charge in [0.25, 0.3) is 0 Å². The summed E-state index contributed by atoms with van der Waals surface area (Å²) in [5.41, 5.74) is 2.25. The number of hydrogen-bond acceptors (Lipinski definition) is 4. The molecule has 0 aliphatic rings. The quantitative estimate of drug-likeness (QED) is 0.885. The molecule has 2 unspecified atom stereocenters. The highest BCUT2D eigenvalue weighted by molar-refractivity contribution is 7.17. The number of likely N-dealkylation sites (N-methyl/N-ethyl adjacent to an activating group) is 1. The second-order valence-corrected chi connectivity index (χ2v) is 4.90. The molecule has 3 nitrogen and oxygen atoms in total. The Morgan fingerprint density at radius 1 is 1.44 bits per heavy atom. The topological polar surface area (TPSA) is 37.8 Å². The maximum absolute atomic E-state index is 4.48. The van der Waals surface area contributed by atoms with Crippen LogP contribution in [0.1, 0.15) is 31.9 Å². The van der Waals surface area contributed by atoms with Gasteiger partial charge in [0.1, 0.15) is 6.33 Å². The summed E-state index contributed by atoms with van der Waals surface area (Å²) in [6.07, 6.45) is 2.77. The van der Waals surface area contributed by atoms with Crippen molar-refractivity contribution in [3.05, 3.63) is 23.5 Å². The first-order valence-corrected chi connectivity index (χ1v) is 6.51. The molecule has 2 aromatic rings. The Labute approximate surface area is 99.9 Å². The number of rotatable bonds is 4. The second-order valence-electron chi connectivity index (χ2n) is 3.99. The molecular weight excluding hydrogens is 218 g/mol. The highest BCUT2D eigenvalue weighted by Gasteiger charge is 2.20. The molecule has 0 amide bonds. The van der Waals surface area contributed by atoms with Gasteiger partial charge >= 0.3 is 0 Å². The van der Waals surface area contributed by atoms with Crippen molar-refractivity contribution in [2.45, 2.75) is 32.2 Å². The highest BCUT2D eigenvalue weighted by atomic mass is 32.1. The largest absolute Gasteiger partial charge is 0.317 e. The second kappa shape index (κ2) is 4.89. The number of fused-ring (bicyclic) bond motifs is 1. The zero-order valence-electron chi connectivity index (χ0n) is 9.90. The van der Waals surface area contributed by atoms with Crippen LogP contribution in [0.25, 0.3) is 10.2 Å². The van der Waals surface area contributed by atoms with Gasteiger partial charge in [-0.25, -0.2) is 9.97 Å². The summed E-state index contributed by atoms with van der Waals surface area (Å²) >= 11 is 1.73. The lowest BCUT2D eigenvalue weighted by molar-refractivity contribution is 0.477. The monoisotopic (exact) mass is 235 g/mol. The lowest BCUT2D eigenvalue weighted by Gasteiger charge is -2.21. The first-order chi connectivity index (χ1) is 7.77. The average Bonchev–Trinajstić information content (AvgIpc) is 2.78. The molecule has 0 saturated carbocycles. The van der Waals surface area contributed by atoms with Crippen LogP contribution in [-0.2, 0) is 0 Å². The smallest absolute Gasteiger partial charge is 0.116 e. The van der Waals surface area contributed by atoms with Crippen molar-refractivity contribution in [2.24, 2.45) is 0 Å². The van der Waals surface area contributed by atoms with E-state index in [0.717, 1.165) is 11.9 Å². The molecule has 0 spiro atoms. The van der Waals surface area contributed by atoms with E-state index in [2.05, 4.69) is 40.6 Å². The van der Waals surface area contributed by atoms with E-state index in [9.17, 15) is 0 Å². The molecule has 0 radical (unpaired) electrons. The normalized spacial score (nSPS) is 15.2. The summed E-state index contributed by atoms with van der Waals surface area (Å²) in [5, 5.41) is 5.40. The molecule has 0 aromatic carbocycles. The average molecular weight is 235 g/mol. The molecule has 0 bridgehead atoms. The van der Waals surface area contributed by atoms with Gasteiger partial charge in [0, 0.05) is 12.0 Å². The maximum atomic E-state index is 4.48. The Morgan fingerprint density at radius 2 is 2.25 bits per heavy atom. The third kappa shape index (κ3) is 1.95. The van der Waals surface area contributed by atoms with E-state index >= 15 is 0 Å². The van der Waals surface area contributed by atoms with Gasteiger partial charge in [-0.3, -0.25) is 0 Å². The lowest BCUT2D eigenvalue weighted by atomic mass is 9.94. The van der Waals surface area contributed by atoms with Crippen molar-refractivity contribution in [3.63, 3.8) is 0 Å². The van der Waals surface area contributed by atoms with Gasteiger partial charge in [-0.2, -0.15) is 0 Å². The van der Waals surface area contributed by atoms with Gasteiger partial charge in [0.15, 0.2) is 0 Å². The van der Waals surface area contributed by atoms with E-state index < -0.39 is 0 Å². The molecule has 2 heterocycles. The lowest BCUT2D eigenvalue weighted by Crippen LogP contribution is -2.29. The van der Waals surface area contributed by atoms with Crippen LogP contribution < -0.4 is 5.32 Å². The molecule has 16 heavy (non-hydrogen) atoms. The minimum absolute atomic E-state index is 0.435. The van der Waals surface area contributed by atoms with Crippen molar-refractivity contribution in [3.8, 4) is 0 Å². The van der Waals surface area contributed by atoms with Crippen molar-refractivity contribution in [1.82, 2.24) is 15.3 Å². The van der Waals surface area contributed by atoms with Crippen molar-refractivity contribution in [1.29, 1.82) is 0 Å². The van der Waals surface area contributed by atoms with E-state index in [1.54, 1.807) is 17.7 Å². The molecule has 2 rings (SSSR count).